The van der Waals surface area contributed by atoms with Crippen molar-refractivity contribution in [3.8, 4) is 0 Å². The van der Waals surface area contributed by atoms with Crippen molar-refractivity contribution in [1.82, 2.24) is 15.5 Å². The maximum absolute atomic E-state index is 12.1. The highest BCUT2D eigenvalue weighted by Crippen LogP contribution is 2.36. The number of H-pyrrole nitrogens is 1. The largest absolute Gasteiger partial charge is 0.395 e. The van der Waals surface area contributed by atoms with Crippen LogP contribution in [0.5, 0.6) is 0 Å². The number of nitrogens with zero attached hydrogens (tertiary/aromatic N) is 1. The highest BCUT2D eigenvalue weighted by molar-refractivity contribution is 5.97. The molecule has 0 unspecified atom stereocenters. The van der Waals surface area contributed by atoms with Gasteiger partial charge >= 0.3 is 0 Å². The summed E-state index contributed by atoms with van der Waals surface area (Å²) in [6.07, 6.45) is 4.88. The molecule has 0 bridgehead atoms. The lowest BCUT2D eigenvalue weighted by atomic mass is 9.89. The topological polar surface area (TPSA) is 83.8 Å². The van der Waals surface area contributed by atoms with Gasteiger partial charge in [-0.25, -0.2) is 0 Å². The van der Waals surface area contributed by atoms with Crippen molar-refractivity contribution in [2.45, 2.75) is 52.4 Å². The van der Waals surface area contributed by atoms with Gasteiger partial charge in [0.15, 0.2) is 5.69 Å². The number of carbonyl (C=O) groups is 1. The number of carbonyl (C=O) groups excluding carboxylic acids is 1. The molecule has 2 rings (SSSR count). The molecule has 0 atom stereocenters. The molecule has 4 N–H and O–H groups in total. The fourth-order valence-corrected chi connectivity index (χ4v) is 2.76. The van der Waals surface area contributed by atoms with Crippen LogP contribution in [0.4, 0.5) is 5.69 Å². The Labute approximate surface area is 114 Å². The first kappa shape index (κ1) is 13.9. The average Bonchev–Trinajstić information content (AvgIpc) is 2.93. The Bertz CT molecular complexity index is 458. The van der Waals surface area contributed by atoms with Crippen LogP contribution in [0, 0.1) is 5.41 Å². The first-order chi connectivity index (χ1) is 8.93. The van der Waals surface area contributed by atoms with Gasteiger partial charge in [-0.1, -0.05) is 33.6 Å². The molecule has 19 heavy (non-hydrogen) atoms. The van der Waals surface area contributed by atoms with Gasteiger partial charge in [0.2, 0.25) is 0 Å². The lowest BCUT2D eigenvalue weighted by Gasteiger charge is -2.23. The minimum atomic E-state index is -0.172. The third-order valence-electron chi connectivity index (χ3n) is 4.11. The zero-order valence-corrected chi connectivity index (χ0v) is 12.0. The van der Waals surface area contributed by atoms with E-state index in [0.29, 0.717) is 17.9 Å². The van der Waals surface area contributed by atoms with Crippen LogP contribution in [0.1, 0.15) is 68.6 Å². The second kappa shape index (κ2) is 5.23. The predicted molar refractivity (Wildman–Crippen MR) is 76.0 cm³/mol. The molecular weight excluding hydrogens is 240 g/mol. The summed E-state index contributed by atoms with van der Waals surface area (Å²) >= 11 is 0. The Kier molecular flexibility index (Phi) is 3.83. The molecule has 106 valence electrons. The molecule has 0 saturated heterocycles. The van der Waals surface area contributed by atoms with E-state index in [9.17, 15) is 4.79 Å². The molecular formula is C14H24N4O. The van der Waals surface area contributed by atoms with Crippen LogP contribution in [0.3, 0.4) is 0 Å². The number of aromatic amines is 1. The van der Waals surface area contributed by atoms with Crippen LogP contribution < -0.4 is 11.1 Å². The van der Waals surface area contributed by atoms with Crippen LogP contribution in [0.15, 0.2) is 0 Å². The summed E-state index contributed by atoms with van der Waals surface area (Å²) in [5.74, 6) is 0.0650. The lowest BCUT2D eigenvalue weighted by Crippen LogP contribution is -2.34. The van der Waals surface area contributed by atoms with Crippen molar-refractivity contribution in [2.75, 3.05) is 12.3 Å². The molecule has 0 spiro atoms. The van der Waals surface area contributed by atoms with E-state index in [1.54, 1.807) is 0 Å². The summed E-state index contributed by atoms with van der Waals surface area (Å²) < 4.78 is 0. The maximum atomic E-state index is 12.1. The number of nitrogens with one attached hydrogen (secondary N) is 2. The number of hydrogen-bond acceptors (Lipinski definition) is 3. The van der Waals surface area contributed by atoms with Crippen molar-refractivity contribution < 1.29 is 4.79 Å². The highest BCUT2D eigenvalue weighted by Gasteiger charge is 2.29. The van der Waals surface area contributed by atoms with Gasteiger partial charge in [-0.05, 0) is 24.2 Å². The first-order valence-corrected chi connectivity index (χ1v) is 7.05. The van der Waals surface area contributed by atoms with E-state index in [-0.39, 0.29) is 17.2 Å². The second-order valence-electron chi connectivity index (χ2n) is 6.25. The molecule has 1 aliphatic carbocycles. The van der Waals surface area contributed by atoms with E-state index in [0.717, 1.165) is 5.69 Å². The summed E-state index contributed by atoms with van der Waals surface area (Å²) in [5.41, 5.74) is 7.84. The fraction of sp³-hybridized carbons (Fsp3) is 0.714. The van der Waals surface area contributed by atoms with Crippen molar-refractivity contribution in [2.24, 2.45) is 5.41 Å². The molecule has 1 fully saturated rings. The number of amides is 1. The normalized spacial score (nSPS) is 17.9. The predicted octanol–water partition coefficient (Wildman–Crippen LogP) is 2.43. The summed E-state index contributed by atoms with van der Waals surface area (Å²) in [7, 11) is 0. The third-order valence-corrected chi connectivity index (χ3v) is 4.11. The molecule has 0 aromatic carbocycles. The monoisotopic (exact) mass is 264 g/mol. The Balaban J connectivity index is 2.00. The van der Waals surface area contributed by atoms with Gasteiger partial charge < -0.3 is 11.1 Å². The van der Waals surface area contributed by atoms with Gasteiger partial charge in [0.05, 0.1) is 11.4 Å². The lowest BCUT2D eigenvalue weighted by molar-refractivity contribution is 0.0930. The van der Waals surface area contributed by atoms with Gasteiger partial charge in [0, 0.05) is 6.54 Å². The fourth-order valence-electron chi connectivity index (χ4n) is 2.76. The van der Waals surface area contributed by atoms with E-state index >= 15 is 0 Å². The highest BCUT2D eigenvalue weighted by atomic mass is 16.1. The van der Waals surface area contributed by atoms with Crippen molar-refractivity contribution in [3.05, 3.63) is 11.4 Å². The number of hydrogen-bond donors (Lipinski definition) is 3. The molecule has 1 aromatic rings. The molecule has 1 amide bonds. The first-order valence-electron chi connectivity index (χ1n) is 7.05. The summed E-state index contributed by atoms with van der Waals surface area (Å²) in [4.78, 5) is 12.1. The summed E-state index contributed by atoms with van der Waals surface area (Å²) in [5, 5.41) is 9.87. The quantitative estimate of drug-likeness (QED) is 0.781. The standard InChI is InChI=1S/C14H24N4O/c1-9(2)11-10(15)12(18-17-11)13(19)16-8-14(3)6-4-5-7-14/h9H,4-8,15H2,1-3H3,(H,16,19)(H,17,18). The molecule has 1 aromatic heterocycles. The number of nitrogens with two attached hydrogens (primary N) is 1. The molecule has 0 aliphatic heterocycles. The molecule has 1 aliphatic rings. The average molecular weight is 264 g/mol. The molecule has 0 radical (unpaired) electrons. The minimum Gasteiger partial charge on any atom is -0.395 e. The van der Waals surface area contributed by atoms with Crippen LogP contribution in [0.2, 0.25) is 0 Å². The van der Waals surface area contributed by atoms with Crippen molar-refractivity contribution in [3.63, 3.8) is 0 Å². The minimum absolute atomic E-state index is 0.172. The Morgan fingerprint density at radius 1 is 1.47 bits per heavy atom. The Hall–Kier alpha value is -1.52. The van der Waals surface area contributed by atoms with E-state index in [1.807, 2.05) is 13.8 Å². The van der Waals surface area contributed by atoms with Crippen LogP contribution in [0.25, 0.3) is 0 Å². The van der Waals surface area contributed by atoms with E-state index in [1.165, 1.54) is 25.7 Å². The number of nitrogen functional groups attached to an aromatic ring is 1. The SMILES string of the molecule is CC(C)c1[nH]nc(C(=O)NCC2(C)CCCC2)c1N. The van der Waals surface area contributed by atoms with Crippen molar-refractivity contribution >= 4 is 11.6 Å². The Morgan fingerprint density at radius 3 is 2.63 bits per heavy atom. The van der Waals surface area contributed by atoms with Gasteiger partial charge in [-0.15, -0.1) is 0 Å². The second-order valence-corrected chi connectivity index (χ2v) is 6.25. The number of anilines is 1. The van der Waals surface area contributed by atoms with Crippen LogP contribution >= 0.6 is 0 Å². The number of aromatic nitrogens is 2. The van der Waals surface area contributed by atoms with Crippen LogP contribution in [-0.2, 0) is 0 Å². The van der Waals surface area contributed by atoms with Gasteiger partial charge in [-0.2, -0.15) is 5.10 Å². The van der Waals surface area contributed by atoms with Gasteiger partial charge in [-0.3, -0.25) is 9.89 Å². The zero-order valence-electron chi connectivity index (χ0n) is 12.0. The van der Waals surface area contributed by atoms with Crippen LogP contribution in [-0.4, -0.2) is 22.6 Å². The molecule has 1 saturated carbocycles. The zero-order chi connectivity index (χ0) is 14.0. The summed E-state index contributed by atoms with van der Waals surface area (Å²) in [6.45, 7) is 6.97. The number of rotatable bonds is 4. The van der Waals surface area contributed by atoms with Gasteiger partial charge in [0.1, 0.15) is 0 Å². The smallest absolute Gasteiger partial charge is 0.273 e. The van der Waals surface area contributed by atoms with E-state index in [2.05, 4.69) is 22.4 Å². The summed E-state index contributed by atoms with van der Waals surface area (Å²) in [6, 6.07) is 0. The van der Waals surface area contributed by atoms with Gasteiger partial charge in [0.25, 0.3) is 5.91 Å². The molecule has 1 heterocycles. The molecule has 5 nitrogen and oxygen atoms in total. The molecule has 5 heteroatoms. The van der Waals surface area contributed by atoms with Crippen molar-refractivity contribution in [1.29, 1.82) is 0 Å². The Morgan fingerprint density at radius 2 is 2.11 bits per heavy atom. The van der Waals surface area contributed by atoms with E-state index in [4.69, 9.17) is 5.73 Å². The van der Waals surface area contributed by atoms with E-state index < -0.39 is 0 Å². The maximum Gasteiger partial charge on any atom is 0.273 e. The third kappa shape index (κ3) is 2.91.